The molecule has 0 saturated carbocycles. The minimum absolute atomic E-state index is 0.241. The average Bonchev–Trinajstić information content (AvgIpc) is 2.99. The molecule has 3 fully saturated rings. The zero-order valence-corrected chi connectivity index (χ0v) is 15.7. The number of fused-ring (bicyclic) bond motifs is 1. The fraction of sp³-hybridized carbons (Fsp3) is 0.700. The molecule has 4 rings (SSSR count). The molecule has 3 saturated heterocycles. The van der Waals surface area contributed by atoms with Crippen molar-refractivity contribution in [3.63, 3.8) is 0 Å². The standard InChI is InChI=1S/C20H30F2N3O/c1-25(2)6-5-13-9-24(10-14(13)11-25)16-8-19(23)20(26-12-16)17-7-15(21)3-4-18(17)22/h3-4,7,13-14,16,19-20H,5-6,8-12,23H2,1-2H3/q+1. The van der Waals surface area contributed by atoms with E-state index < -0.39 is 17.7 Å². The van der Waals surface area contributed by atoms with E-state index in [0.717, 1.165) is 48.0 Å². The predicted molar refractivity (Wildman–Crippen MR) is 96.4 cm³/mol. The van der Waals surface area contributed by atoms with Gasteiger partial charge in [0.15, 0.2) is 0 Å². The molecule has 5 unspecified atom stereocenters. The van der Waals surface area contributed by atoms with E-state index in [1.165, 1.54) is 25.6 Å². The van der Waals surface area contributed by atoms with Crippen LogP contribution in [0.4, 0.5) is 8.78 Å². The van der Waals surface area contributed by atoms with Crippen molar-refractivity contribution in [2.24, 2.45) is 17.6 Å². The summed E-state index contributed by atoms with van der Waals surface area (Å²) in [4.78, 5) is 2.53. The van der Waals surface area contributed by atoms with Gasteiger partial charge in [-0.15, -0.1) is 0 Å². The smallest absolute Gasteiger partial charge is 0.129 e. The number of halogens is 2. The Morgan fingerprint density at radius 2 is 1.96 bits per heavy atom. The highest BCUT2D eigenvalue weighted by Gasteiger charge is 2.44. The molecule has 144 valence electrons. The summed E-state index contributed by atoms with van der Waals surface area (Å²) >= 11 is 0. The molecular weight excluding hydrogens is 336 g/mol. The number of nitrogens with zero attached hydrogens (tertiary/aromatic N) is 2. The molecular formula is C20H30F2N3O+. The third kappa shape index (κ3) is 3.52. The number of hydrogen-bond acceptors (Lipinski definition) is 3. The predicted octanol–water partition coefficient (Wildman–Crippen LogP) is 2.15. The van der Waals surface area contributed by atoms with E-state index in [-0.39, 0.29) is 17.6 Å². The van der Waals surface area contributed by atoms with Crippen LogP contribution < -0.4 is 5.73 Å². The molecule has 0 spiro atoms. The van der Waals surface area contributed by atoms with Crippen molar-refractivity contribution >= 4 is 0 Å². The molecule has 1 aromatic carbocycles. The molecule has 0 bridgehead atoms. The molecule has 0 aliphatic carbocycles. The first-order valence-electron chi connectivity index (χ1n) is 9.70. The first-order chi connectivity index (χ1) is 12.3. The Bertz CT molecular complexity index is 668. The number of ether oxygens (including phenoxy) is 1. The van der Waals surface area contributed by atoms with E-state index in [1.807, 2.05) is 0 Å². The van der Waals surface area contributed by atoms with Crippen LogP contribution in [0.2, 0.25) is 0 Å². The molecule has 0 radical (unpaired) electrons. The zero-order chi connectivity index (χ0) is 18.5. The van der Waals surface area contributed by atoms with E-state index in [9.17, 15) is 8.78 Å². The van der Waals surface area contributed by atoms with E-state index in [2.05, 4.69) is 19.0 Å². The number of rotatable bonds is 2. The van der Waals surface area contributed by atoms with Gasteiger partial charge < -0.3 is 15.0 Å². The molecule has 3 aliphatic rings. The van der Waals surface area contributed by atoms with Crippen LogP contribution in [0.25, 0.3) is 0 Å². The van der Waals surface area contributed by atoms with Crippen LogP contribution in [0, 0.1) is 23.5 Å². The van der Waals surface area contributed by atoms with Gasteiger partial charge in [0.1, 0.15) is 17.7 Å². The van der Waals surface area contributed by atoms with E-state index in [1.54, 1.807) is 0 Å². The Balaban J connectivity index is 1.41. The quantitative estimate of drug-likeness (QED) is 0.815. The second kappa shape index (κ2) is 6.82. The van der Waals surface area contributed by atoms with Gasteiger partial charge in [0, 0.05) is 43.1 Å². The molecule has 26 heavy (non-hydrogen) atoms. The van der Waals surface area contributed by atoms with Crippen LogP contribution in [0.15, 0.2) is 18.2 Å². The van der Waals surface area contributed by atoms with Gasteiger partial charge >= 0.3 is 0 Å². The van der Waals surface area contributed by atoms with Gasteiger partial charge in [-0.3, -0.25) is 4.90 Å². The molecule has 0 amide bonds. The molecule has 6 heteroatoms. The van der Waals surface area contributed by atoms with Crippen LogP contribution in [0.5, 0.6) is 0 Å². The molecule has 5 atom stereocenters. The normalized spacial score (nSPS) is 37.5. The molecule has 4 nitrogen and oxygen atoms in total. The van der Waals surface area contributed by atoms with Crippen LogP contribution in [0.1, 0.15) is 24.5 Å². The van der Waals surface area contributed by atoms with Crippen LogP contribution in [-0.4, -0.2) is 68.3 Å². The number of quaternary nitrogens is 1. The molecule has 3 aliphatic heterocycles. The summed E-state index contributed by atoms with van der Waals surface area (Å²) in [5, 5.41) is 0. The molecule has 3 heterocycles. The first kappa shape index (κ1) is 18.3. The lowest BCUT2D eigenvalue weighted by Gasteiger charge is -2.39. The largest absolute Gasteiger partial charge is 0.370 e. The summed E-state index contributed by atoms with van der Waals surface area (Å²) < 4.78 is 34.7. The first-order valence-corrected chi connectivity index (χ1v) is 9.70. The Kier molecular flexibility index (Phi) is 4.80. The highest BCUT2D eigenvalue weighted by molar-refractivity contribution is 5.23. The average molecular weight is 366 g/mol. The molecule has 2 N–H and O–H groups in total. The monoisotopic (exact) mass is 366 g/mol. The van der Waals surface area contributed by atoms with Gasteiger partial charge in [0.05, 0.1) is 33.8 Å². The highest BCUT2D eigenvalue weighted by atomic mass is 19.1. The van der Waals surface area contributed by atoms with Crippen LogP contribution in [0.3, 0.4) is 0 Å². The van der Waals surface area contributed by atoms with Gasteiger partial charge in [0.25, 0.3) is 0 Å². The fourth-order valence-corrected chi connectivity index (χ4v) is 5.20. The second-order valence-corrected chi connectivity index (χ2v) is 9.08. The Labute approximate surface area is 154 Å². The van der Waals surface area contributed by atoms with Gasteiger partial charge in [-0.2, -0.15) is 0 Å². The number of nitrogens with two attached hydrogens (primary N) is 1. The summed E-state index contributed by atoms with van der Waals surface area (Å²) in [6.45, 7) is 5.23. The lowest BCUT2D eigenvalue weighted by Crippen LogP contribution is -2.50. The Morgan fingerprint density at radius 3 is 2.73 bits per heavy atom. The zero-order valence-electron chi connectivity index (χ0n) is 15.7. The van der Waals surface area contributed by atoms with Gasteiger partial charge in [0.2, 0.25) is 0 Å². The van der Waals surface area contributed by atoms with Crippen molar-refractivity contribution in [3.8, 4) is 0 Å². The SMILES string of the molecule is C[N+]1(C)CCC2CN(C3COC(c4cc(F)ccc4F)C(N)C3)CC2C1. The summed E-state index contributed by atoms with van der Waals surface area (Å²) in [5.74, 6) is 0.616. The summed E-state index contributed by atoms with van der Waals surface area (Å²) in [6.07, 6.45) is 1.48. The van der Waals surface area contributed by atoms with Crippen molar-refractivity contribution in [2.45, 2.75) is 31.0 Å². The van der Waals surface area contributed by atoms with Gasteiger partial charge in [-0.25, -0.2) is 8.78 Å². The van der Waals surface area contributed by atoms with Crippen molar-refractivity contribution in [1.82, 2.24) is 4.90 Å². The van der Waals surface area contributed by atoms with Crippen molar-refractivity contribution in [1.29, 1.82) is 0 Å². The topological polar surface area (TPSA) is 38.5 Å². The summed E-state index contributed by atoms with van der Waals surface area (Å²) in [5.41, 5.74) is 6.57. The maximum absolute atomic E-state index is 14.1. The summed E-state index contributed by atoms with van der Waals surface area (Å²) in [7, 11) is 4.63. The number of hydrogen-bond donors (Lipinski definition) is 1. The van der Waals surface area contributed by atoms with Gasteiger partial charge in [-0.1, -0.05) is 0 Å². The van der Waals surface area contributed by atoms with E-state index >= 15 is 0 Å². The Morgan fingerprint density at radius 1 is 1.19 bits per heavy atom. The minimum atomic E-state index is -0.567. The van der Waals surface area contributed by atoms with Crippen molar-refractivity contribution in [2.75, 3.05) is 46.9 Å². The fourth-order valence-electron chi connectivity index (χ4n) is 5.20. The highest BCUT2D eigenvalue weighted by Crippen LogP contribution is 2.37. The van der Waals surface area contributed by atoms with E-state index in [4.69, 9.17) is 10.5 Å². The number of piperidine rings is 1. The number of benzene rings is 1. The van der Waals surface area contributed by atoms with Crippen molar-refractivity contribution < 1.29 is 18.0 Å². The lowest BCUT2D eigenvalue weighted by molar-refractivity contribution is -0.899. The summed E-state index contributed by atoms with van der Waals surface area (Å²) in [6, 6.07) is 3.45. The Hall–Kier alpha value is -1.08. The third-order valence-corrected chi connectivity index (χ3v) is 6.62. The lowest BCUT2D eigenvalue weighted by atomic mass is 9.88. The minimum Gasteiger partial charge on any atom is -0.370 e. The second-order valence-electron chi connectivity index (χ2n) is 9.08. The van der Waals surface area contributed by atoms with Crippen molar-refractivity contribution in [3.05, 3.63) is 35.4 Å². The molecule has 0 aromatic heterocycles. The maximum atomic E-state index is 14.1. The molecule has 1 aromatic rings. The third-order valence-electron chi connectivity index (χ3n) is 6.62. The maximum Gasteiger partial charge on any atom is 0.129 e. The van der Waals surface area contributed by atoms with E-state index in [0.29, 0.717) is 6.61 Å². The van der Waals surface area contributed by atoms with Crippen LogP contribution >= 0.6 is 0 Å². The van der Waals surface area contributed by atoms with Gasteiger partial charge in [-0.05, 0) is 30.5 Å². The number of likely N-dealkylation sites (tertiary alicyclic amines) is 2. The van der Waals surface area contributed by atoms with Crippen LogP contribution in [-0.2, 0) is 4.74 Å².